The molecule has 1 aromatic carbocycles. The van der Waals surface area contributed by atoms with Crippen LogP contribution in [-0.4, -0.2) is 53.5 Å². The fraction of sp³-hybridized carbons (Fsp3) is 0.533. The SMILES string of the molecule is CCCN1CCN(C(=O)Cc2cccc(O)c2)CC1. The number of carbonyl (C=O) groups is 1. The molecule has 104 valence electrons. The van der Waals surface area contributed by atoms with Crippen molar-refractivity contribution in [3.8, 4) is 5.75 Å². The Kier molecular flexibility index (Phi) is 4.80. The molecule has 4 heteroatoms. The Morgan fingerprint density at radius 2 is 2.00 bits per heavy atom. The first-order valence-corrected chi connectivity index (χ1v) is 6.97. The molecule has 0 saturated carbocycles. The Bertz CT molecular complexity index is 426. The van der Waals surface area contributed by atoms with Crippen LogP contribution in [0.15, 0.2) is 24.3 Å². The minimum atomic E-state index is 0.154. The van der Waals surface area contributed by atoms with E-state index < -0.39 is 0 Å². The first-order chi connectivity index (χ1) is 9.19. The highest BCUT2D eigenvalue weighted by Gasteiger charge is 2.20. The number of phenolic OH excluding ortho intramolecular Hbond substituents is 1. The van der Waals surface area contributed by atoms with Gasteiger partial charge in [-0.1, -0.05) is 19.1 Å². The van der Waals surface area contributed by atoms with Crippen molar-refractivity contribution in [2.24, 2.45) is 0 Å². The second-order valence-corrected chi connectivity index (χ2v) is 5.07. The first-order valence-electron chi connectivity index (χ1n) is 6.97. The van der Waals surface area contributed by atoms with Crippen molar-refractivity contribution in [1.82, 2.24) is 9.80 Å². The largest absolute Gasteiger partial charge is 0.508 e. The number of hydrogen-bond acceptors (Lipinski definition) is 3. The summed E-state index contributed by atoms with van der Waals surface area (Å²) in [6.07, 6.45) is 1.54. The van der Waals surface area contributed by atoms with Crippen LogP contribution in [0.5, 0.6) is 5.75 Å². The van der Waals surface area contributed by atoms with E-state index in [1.165, 1.54) is 0 Å². The summed E-state index contributed by atoms with van der Waals surface area (Å²) >= 11 is 0. The van der Waals surface area contributed by atoms with Crippen molar-refractivity contribution in [3.63, 3.8) is 0 Å². The third-order valence-electron chi connectivity index (χ3n) is 3.53. The number of amides is 1. The zero-order valence-electron chi connectivity index (χ0n) is 11.5. The molecule has 1 N–H and O–H groups in total. The van der Waals surface area contributed by atoms with Crippen LogP contribution in [0.25, 0.3) is 0 Å². The Hall–Kier alpha value is -1.55. The van der Waals surface area contributed by atoms with Crippen LogP contribution in [0.3, 0.4) is 0 Å². The maximum Gasteiger partial charge on any atom is 0.227 e. The molecule has 0 spiro atoms. The molecule has 1 fully saturated rings. The monoisotopic (exact) mass is 262 g/mol. The van der Waals surface area contributed by atoms with Gasteiger partial charge in [0.25, 0.3) is 0 Å². The molecule has 1 aliphatic heterocycles. The summed E-state index contributed by atoms with van der Waals surface area (Å²) in [5.41, 5.74) is 0.876. The van der Waals surface area contributed by atoms with Crippen molar-refractivity contribution in [2.45, 2.75) is 19.8 Å². The lowest BCUT2D eigenvalue weighted by Gasteiger charge is -2.34. The van der Waals surface area contributed by atoms with Gasteiger partial charge >= 0.3 is 0 Å². The second kappa shape index (κ2) is 6.57. The maximum atomic E-state index is 12.2. The topological polar surface area (TPSA) is 43.8 Å². The molecule has 1 aromatic rings. The van der Waals surface area contributed by atoms with Crippen LogP contribution >= 0.6 is 0 Å². The number of hydrogen-bond donors (Lipinski definition) is 1. The lowest BCUT2D eigenvalue weighted by Crippen LogP contribution is -2.49. The number of rotatable bonds is 4. The number of nitrogens with zero attached hydrogens (tertiary/aromatic N) is 2. The van der Waals surface area contributed by atoms with E-state index in [1.54, 1.807) is 18.2 Å². The van der Waals surface area contributed by atoms with E-state index in [4.69, 9.17) is 0 Å². The molecule has 4 nitrogen and oxygen atoms in total. The van der Waals surface area contributed by atoms with Crippen LogP contribution in [0.1, 0.15) is 18.9 Å². The molecule has 0 atom stereocenters. The highest BCUT2D eigenvalue weighted by molar-refractivity contribution is 5.79. The van der Waals surface area contributed by atoms with Crippen LogP contribution in [-0.2, 0) is 11.2 Å². The molecular formula is C15H22N2O2. The van der Waals surface area contributed by atoms with Crippen molar-refractivity contribution >= 4 is 5.91 Å². The van der Waals surface area contributed by atoms with Gasteiger partial charge in [-0.2, -0.15) is 0 Å². The Labute approximate surface area is 114 Å². The molecule has 0 bridgehead atoms. The van der Waals surface area contributed by atoms with Gasteiger partial charge in [-0.05, 0) is 30.7 Å². The second-order valence-electron chi connectivity index (χ2n) is 5.07. The predicted octanol–water partition coefficient (Wildman–Crippen LogP) is 1.49. The molecule has 1 amide bonds. The van der Waals surface area contributed by atoms with E-state index in [0.717, 1.165) is 44.7 Å². The van der Waals surface area contributed by atoms with Gasteiger partial charge in [0.15, 0.2) is 0 Å². The Morgan fingerprint density at radius 3 is 2.63 bits per heavy atom. The van der Waals surface area contributed by atoms with Gasteiger partial charge in [0, 0.05) is 26.2 Å². The molecule has 0 radical (unpaired) electrons. The molecule has 1 heterocycles. The lowest BCUT2D eigenvalue weighted by molar-refractivity contribution is -0.132. The third-order valence-corrected chi connectivity index (χ3v) is 3.53. The number of phenols is 1. The Morgan fingerprint density at radius 1 is 1.26 bits per heavy atom. The van der Waals surface area contributed by atoms with Crippen molar-refractivity contribution in [2.75, 3.05) is 32.7 Å². The molecular weight excluding hydrogens is 240 g/mol. The summed E-state index contributed by atoms with van der Waals surface area (Å²) in [5, 5.41) is 9.40. The molecule has 19 heavy (non-hydrogen) atoms. The van der Waals surface area contributed by atoms with Gasteiger partial charge in [0.1, 0.15) is 5.75 Å². The predicted molar refractivity (Wildman–Crippen MR) is 75.1 cm³/mol. The summed E-state index contributed by atoms with van der Waals surface area (Å²) in [6.45, 7) is 6.88. The number of benzene rings is 1. The molecule has 0 unspecified atom stereocenters. The van der Waals surface area contributed by atoms with Crippen molar-refractivity contribution in [3.05, 3.63) is 29.8 Å². The van der Waals surface area contributed by atoms with Crippen molar-refractivity contribution < 1.29 is 9.90 Å². The third kappa shape index (κ3) is 3.96. The van der Waals surface area contributed by atoms with Crippen LogP contribution in [0, 0.1) is 0 Å². The van der Waals surface area contributed by atoms with Gasteiger partial charge in [-0.25, -0.2) is 0 Å². The summed E-state index contributed by atoms with van der Waals surface area (Å²) in [5.74, 6) is 0.375. The number of piperazine rings is 1. The fourth-order valence-corrected chi connectivity index (χ4v) is 2.49. The van der Waals surface area contributed by atoms with E-state index in [9.17, 15) is 9.90 Å². The van der Waals surface area contributed by atoms with Gasteiger partial charge in [-0.15, -0.1) is 0 Å². The van der Waals surface area contributed by atoms with Gasteiger partial charge < -0.3 is 10.0 Å². The molecule has 0 aromatic heterocycles. The summed E-state index contributed by atoms with van der Waals surface area (Å²) in [7, 11) is 0. The molecule has 0 aliphatic carbocycles. The summed E-state index contributed by atoms with van der Waals surface area (Å²) in [6, 6.07) is 6.94. The standard InChI is InChI=1S/C15H22N2O2/c1-2-6-16-7-9-17(10-8-16)15(19)12-13-4-3-5-14(18)11-13/h3-5,11,18H,2,6-10,12H2,1H3. The van der Waals surface area contributed by atoms with Crippen LogP contribution in [0.4, 0.5) is 0 Å². The molecule has 1 saturated heterocycles. The van der Waals surface area contributed by atoms with E-state index in [0.29, 0.717) is 6.42 Å². The summed E-state index contributed by atoms with van der Waals surface area (Å²) < 4.78 is 0. The van der Waals surface area contributed by atoms with Crippen LogP contribution in [0.2, 0.25) is 0 Å². The normalized spacial score (nSPS) is 16.6. The zero-order chi connectivity index (χ0) is 13.7. The van der Waals surface area contributed by atoms with Crippen LogP contribution < -0.4 is 0 Å². The van der Waals surface area contributed by atoms with E-state index in [1.807, 2.05) is 11.0 Å². The first kappa shape index (κ1) is 13.9. The lowest BCUT2D eigenvalue weighted by atomic mass is 10.1. The summed E-state index contributed by atoms with van der Waals surface area (Å²) in [4.78, 5) is 16.5. The zero-order valence-corrected chi connectivity index (χ0v) is 11.5. The smallest absolute Gasteiger partial charge is 0.227 e. The fourth-order valence-electron chi connectivity index (χ4n) is 2.49. The average molecular weight is 262 g/mol. The maximum absolute atomic E-state index is 12.2. The number of carbonyl (C=O) groups excluding carboxylic acids is 1. The van der Waals surface area contributed by atoms with Crippen molar-refractivity contribution in [1.29, 1.82) is 0 Å². The molecule has 2 rings (SSSR count). The van der Waals surface area contributed by atoms with E-state index in [-0.39, 0.29) is 11.7 Å². The average Bonchev–Trinajstić information content (AvgIpc) is 2.40. The number of aromatic hydroxyl groups is 1. The molecule has 1 aliphatic rings. The quantitative estimate of drug-likeness (QED) is 0.894. The van der Waals surface area contributed by atoms with E-state index >= 15 is 0 Å². The highest BCUT2D eigenvalue weighted by atomic mass is 16.3. The van der Waals surface area contributed by atoms with Gasteiger partial charge in [-0.3, -0.25) is 9.69 Å². The minimum Gasteiger partial charge on any atom is -0.508 e. The minimum absolute atomic E-state index is 0.154. The van der Waals surface area contributed by atoms with Gasteiger partial charge in [0.05, 0.1) is 6.42 Å². The van der Waals surface area contributed by atoms with E-state index in [2.05, 4.69) is 11.8 Å². The Balaban J connectivity index is 1.84. The highest BCUT2D eigenvalue weighted by Crippen LogP contribution is 2.13. The van der Waals surface area contributed by atoms with Gasteiger partial charge in [0.2, 0.25) is 5.91 Å².